The summed E-state index contributed by atoms with van der Waals surface area (Å²) in [4.78, 5) is 10.0. The van der Waals surface area contributed by atoms with Crippen LogP contribution in [0, 0.1) is 6.92 Å². The average molecular weight is 300 g/mol. The van der Waals surface area contributed by atoms with Crippen molar-refractivity contribution in [1.82, 2.24) is 9.97 Å². The van der Waals surface area contributed by atoms with Gasteiger partial charge < -0.3 is 0 Å². The fraction of sp³-hybridized carbons (Fsp3) is 0.238. The Morgan fingerprint density at radius 1 is 0.652 bits per heavy atom. The van der Waals surface area contributed by atoms with E-state index in [2.05, 4.69) is 76.2 Å². The number of hydrogen-bond donors (Lipinski definition) is 0. The lowest BCUT2D eigenvalue weighted by molar-refractivity contribution is 0.563. The van der Waals surface area contributed by atoms with Crippen molar-refractivity contribution in [2.24, 2.45) is 0 Å². The Morgan fingerprint density at radius 3 is 1.57 bits per heavy atom. The summed E-state index contributed by atoms with van der Waals surface area (Å²) < 4.78 is 0. The van der Waals surface area contributed by atoms with Crippen LogP contribution in [0.25, 0.3) is 32.6 Å². The van der Waals surface area contributed by atoms with Crippen molar-refractivity contribution in [2.75, 3.05) is 0 Å². The minimum absolute atomic E-state index is 0.0159. The molecule has 0 aliphatic carbocycles. The molecule has 4 aromatic rings. The van der Waals surface area contributed by atoms with Crippen LogP contribution in [-0.2, 0) is 5.41 Å². The van der Waals surface area contributed by atoms with E-state index >= 15 is 0 Å². The van der Waals surface area contributed by atoms with Gasteiger partial charge in [-0.05, 0) is 17.7 Å². The molecule has 23 heavy (non-hydrogen) atoms. The second-order valence-electron chi connectivity index (χ2n) is 7.20. The number of fused-ring (bicyclic) bond motifs is 6. The van der Waals surface area contributed by atoms with Crippen LogP contribution in [0.4, 0.5) is 0 Å². The monoisotopic (exact) mass is 300 g/mol. The van der Waals surface area contributed by atoms with Crippen LogP contribution in [-0.4, -0.2) is 9.97 Å². The highest BCUT2D eigenvalue weighted by atomic mass is 14.8. The third kappa shape index (κ3) is 2.09. The predicted molar refractivity (Wildman–Crippen MR) is 98.0 cm³/mol. The van der Waals surface area contributed by atoms with Crippen LogP contribution in [0.1, 0.15) is 32.2 Å². The molecule has 4 rings (SSSR count). The minimum atomic E-state index is -0.0159. The molecule has 1 heterocycles. The van der Waals surface area contributed by atoms with Gasteiger partial charge in [0.2, 0.25) is 0 Å². The SMILES string of the molecule is Cc1nc2c3ccccc3c3ccccc3c2nc1C(C)(C)C. The Balaban J connectivity index is 2.31. The van der Waals surface area contributed by atoms with Crippen LogP contribution in [0.3, 0.4) is 0 Å². The zero-order valence-electron chi connectivity index (χ0n) is 14.0. The number of aromatic nitrogens is 2. The van der Waals surface area contributed by atoms with E-state index in [9.17, 15) is 0 Å². The maximum Gasteiger partial charge on any atom is 0.0975 e. The maximum absolute atomic E-state index is 5.06. The van der Waals surface area contributed by atoms with E-state index in [4.69, 9.17) is 9.97 Å². The van der Waals surface area contributed by atoms with Crippen LogP contribution in [0.5, 0.6) is 0 Å². The van der Waals surface area contributed by atoms with Crippen LogP contribution >= 0.6 is 0 Å². The van der Waals surface area contributed by atoms with E-state index in [0.29, 0.717) is 0 Å². The largest absolute Gasteiger partial charge is 0.249 e. The molecule has 2 heteroatoms. The molecule has 0 saturated carbocycles. The van der Waals surface area contributed by atoms with Gasteiger partial charge in [0.05, 0.1) is 22.4 Å². The third-order valence-corrected chi connectivity index (χ3v) is 4.44. The van der Waals surface area contributed by atoms with E-state index in [-0.39, 0.29) is 5.41 Å². The summed E-state index contributed by atoms with van der Waals surface area (Å²) in [6.45, 7) is 8.65. The van der Waals surface area contributed by atoms with Gasteiger partial charge in [0, 0.05) is 16.2 Å². The van der Waals surface area contributed by atoms with Crippen molar-refractivity contribution in [2.45, 2.75) is 33.1 Å². The van der Waals surface area contributed by atoms with Gasteiger partial charge in [0.1, 0.15) is 0 Å². The van der Waals surface area contributed by atoms with Crippen LogP contribution in [0.15, 0.2) is 48.5 Å². The second kappa shape index (κ2) is 4.76. The normalized spacial score (nSPS) is 12.3. The van der Waals surface area contributed by atoms with E-state index in [0.717, 1.165) is 22.4 Å². The summed E-state index contributed by atoms with van der Waals surface area (Å²) in [6, 6.07) is 17.0. The first kappa shape index (κ1) is 14.1. The molecule has 114 valence electrons. The third-order valence-electron chi connectivity index (χ3n) is 4.44. The van der Waals surface area contributed by atoms with Gasteiger partial charge in [-0.3, -0.25) is 0 Å². The fourth-order valence-electron chi connectivity index (χ4n) is 3.45. The molecule has 2 nitrogen and oxygen atoms in total. The standard InChI is InChI=1S/C21H20N2/c1-13-20(21(2,3)4)23-19-17-12-8-6-10-15(17)14-9-5-7-11-16(14)18(19)22-13/h5-12H,1-4H3. The lowest BCUT2D eigenvalue weighted by Crippen LogP contribution is -2.16. The van der Waals surface area contributed by atoms with Crippen molar-refractivity contribution < 1.29 is 0 Å². The highest BCUT2D eigenvalue weighted by Crippen LogP contribution is 2.34. The van der Waals surface area contributed by atoms with Crippen molar-refractivity contribution in [3.63, 3.8) is 0 Å². The Kier molecular flexibility index (Phi) is 2.92. The minimum Gasteiger partial charge on any atom is -0.249 e. The van der Waals surface area contributed by atoms with Crippen molar-refractivity contribution in [3.8, 4) is 0 Å². The quantitative estimate of drug-likeness (QED) is 0.398. The molecule has 3 aromatic carbocycles. The molecular formula is C21H20N2. The van der Waals surface area contributed by atoms with Gasteiger partial charge in [0.25, 0.3) is 0 Å². The molecule has 0 atom stereocenters. The van der Waals surface area contributed by atoms with Gasteiger partial charge in [-0.25, -0.2) is 9.97 Å². The summed E-state index contributed by atoms with van der Waals surface area (Å²) in [5.41, 5.74) is 4.09. The smallest absolute Gasteiger partial charge is 0.0975 e. The zero-order chi connectivity index (χ0) is 16.2. The van der Waals surface area contributed by atoms with Gasteiger partial charge in [0.15, 0.2) is 0 Å². The van der Waals surface area contributed by atoms with Gasteiger partial charge in [-0.15, -0.1) is 0 Å². The van der Waals surface area contributed by atoms with E-state index < -0.39 is 0 Å². The molecule has 0 bridgehead atoms. The lowest BCUT2D eigenvalue weighted by atomic mass is 9.90. The topological polar surface area (TPSA) is 25.8 Å². The molecular weight excluding hydrogens is 280 g/mol. The highest BCUT2D eigenvalue weighted by molar-refractivity contribution is 6.22. The van der Waals surface area contributed by atoms with Gasteiger partial charge in [-0.1, -0.05) is 69.3 Å². The molecule has 0 unspecified atom stereocenters. The number of rotatable bonds is 0. The van der Waals surface area contributed by atoms with E-state index in [1.165, 1.54) is 21.5 Å². The summed E-state index contributed by atoms with van der Waals surface area (Å²) >= 11 is 0. The molecule has 1 aromatic heterocycles. The van der Waals surface area contributed by atoms with Crippen molar-refractivity contribution in [3.05, 3.63) is 59.9 Å². The summed E-state index contributed by atoms with van der Waals surface area (Å²) in [7, 11) is 0. The van der Waals surface area contributed by atoms with Crippen LogP contribution < -0.4 is 0 Å². The molecule has 0 saturated heterocycles. The summed E-state index contributed by atoms with van der Waals surface area (Å²) in [6.07, 6.45) is 0. The molecule has 0 N–H and O–H groups in total. The second-order valence-corrected chi connectivity index (χ2v) is 7.20. The maximum atomic E-state index is 5.06. The average Bonchev–Trinajstić information content (AvgIpc) is 2.53. The highest BCUT2D eigenvalue weighted by Gasteiger charge is 2.21. The number of nitrogens with zero attached hydrogens (tertiary/aromatic N) is 2. The summed E-state index contributed by atoms with van der Waals surface area (Å²) in [5.74, 6) is 0. The van der Waals surface area contributed by atoms with Crippen LogP contribution in [0.2, 0.25) is 0 Å². The fourth-order valence-corrected chi connectivity index (χ4v) is 3.45. The molecule has 0 radical (unpaired) electrons. The Bertz CT molecular complexity index is 1060. The number of aryl methyl sites for hydroxylation is 1. The molecule has 0 amide bonds. The zero-order valence-corrected chi connectivity index (χ0v) is 14.0. The first-order valence-corrected chi connectivity index (χ1v) is 8.05. The molecule has 0 spiro atoms. The first-order chi connectivity index (χ1) is 11.0. The van der Waals surface area contributed by atoms with Crippen molar-refractivity contribution in [1.29, 1.82) is 0 Å². The number of hydrogen-bond acceptors (Lipinski definition) is 2. The Labute approximate surface area is 136 Å². The van der Waals surface area contributed by atoms with Gasteiger partial charge >= 0.3 is 0 Å². The lowest BCUT2D eigenvalue weighted by Gasteiger charge is -2.21. The number of benzene rings is 3. The predicted octanol–water partition coefficient (Wildman–Crippen LogP) is 5.54. The van der Waals surface area contributed by atoms with Gasteiger partial charge in [-0.2, -0.15) is 0 Å². The molecule has 0 aliphatic heterocycles. The molecule has 0 fully saturated rings. The Morgan fingerprint density at radius 2 is 1.09 bits per heavy atom. The van der Waals surface area contributed by atoms with Crippen molar-refractivity contribution >= 4 is 32.6 Å². The van der Waals surface area contributed by atoms with E-state index in [1.807, 2.05) is 0 Å². The summed E-state index contributed by atoms with van der Waals surface area (Å²) in [5, 5.41) is 4.85. The van der Waals surface area contributed by atoms with E-state index in [1.54, 1.807) is 0 Å². The molecule has 0 aliphatic rings. The Hall–Kier alpha value is -2.48. The first-order valence-electron chi connectivity index (χ1n) is 8.05.